The molecule has 1 unspecified atom stereocenters. The molecule has 2 rings (SSSR count). The number of amides is 1. The molecule has 0 aliphatic rings. The third kappa shape index (κ3) is 5.98. The van der Waals surface area contributed by atoms with Gasteiger partial charge in [-0.3, -0.25) is 14.8 Å². The van der Waals surface area contributed by atoms with E-state index in [1.807, 2.05) is 32.2 Å². The predicted molar refractivity (Wildman–Crippen MR) is 112 cm³/mol. The second-order valence-corrected chi connectivity index (χ2v) is 6.38. The van der Waals surface area contributed by atoms with Crippen molar-refractivity contribution in [3.8, 4) is 6.07 Å². The number of carbonyl (C=O) groups excluding carboxylic acids is 1. The van der Waals surface area contributed by atoms with Crippen LogP contribution in [0.4, 0.5) is 0 Å². The first-order valence-corrected chi connectivity index (χ1v) is 9.61. The molecule has 1 aromatic heterocycles. The molecule has 1 aromatic carbocycles. The normalized spacial score (nSPS) is 12.5. The molecule has 0 radical (unpaired) electrons. The summed E-state index contributed by atoms with van der Waals surface area (Å²) in [5.41, 5.74) is 1.89. The molecule has 142 valence electrons. The second-order valence-electron chi connectivity index (χ2n) is 5.05. The predicted octanol–water partition coefficient (Wildman–Crippen LogP) is 4.00. The fourth-order valence-electron chi connectivity index (χ4n) is 2.30. The van der Waals surface area contributed by atoms with Gasteiger partial charge in [0.15, 0.2) is 0 Å². The molecule has 0 bridgehead atoms. The molecule has 2 aromatic rings. The van der Waals surface area contributed by atoms with Gasteiger partial charge in [0, 0.05) is 36.3 Å². The zero-order valence-corrected chi connectivity index (χ0v) is 17.5. The van der Waals surface area contributed by atoms with E-state index in [0.29, 0.717) is 27.6 Å². The summed E-state index contributed by atoms with van der Waals surface area (Å²) in [6, 6.07) is 6.10. The van der Waals surface area contributed by atoms with E-state index in [1.54, 1.807) is 20.3 Å². The lowest BCUT2D eigenvalue weighted by Crippen LogP contribution is -2.42. The van der Waals surface area contributed by atoms with Gasteiger partial charge in [0.2, 0.25) is 0 Å². The van der Waals surface area contributed by atoms with Crippen LogP contribution >= 0.6 is 22.9 Å². The van der Waals surface area contributed by atoms with Crippen molar-refractivity contribution in [2.45, 2.75) is 26.8 Å². The second kappa shape index (κ2) is 11.2. The van der Waals surface area contributed by atoms with E-state index in [2.05, 4.69) is 20.3 Å². The highest BCUT2D eigenvalue weighted by Crippen LogP contribution is 2.15. The summed E-state index contributed by atoms with van der Waals surface area (Å²) in [7, 11) is 3.30. The minimum absolute atomic E-state index is 0.315. The van der Waals surface area contributed by atoms with Crippen LogP contribution in [0.15, 0.2) is 39.8 Å². The van der Waals surface area contributed by atoms with Gasteiger partial charge in [-0.15, -0.1) is 11.3 Å². The first kappa shape index (κ1) is 22.5. The number of nitriles is 1. The Hall–Kier alpha value is -2.56. The summed E-state index contributed by atoms with van der Waals surface area (Å²) >= 11 is 7.41. The monoisotopic (exact) mass is 403 g/mol. The van der Waals surface area contributed by atoms with Gasteiger partial charge < -0.3 is 5.32 Å². The smallest absolute Gasteiger partial charge is 0.251 e. The van der Waals surface area contributed by atoms with E-state index in [1.165, 1.54) is 29.5 Å². The number of halogens is 1. The van der Waals surface area contributed by atoms with Crippen molar-refractivity contribution in [1.82, 2.24) is 10.3 Å². The van der Waals surface area contributed by atoms with Crippen LogP contribution < -0.4 is 5.32 Å². The van der Waals surface area contributed by atoms with Crippen LogP contribution in [-0.4, -0.2) is 42.5 Å². The van der Waals surface area contributed by atoms with Crippen molar-refractivity contribution in [3.05, 3.63) is 50.9 Å². The topological polar surface area (TPSA) is 90.5 Å². The van der Waals surface area contributed by atoms with E-state index in [-0.39, 0.29) is 5.91 Å². The molecule has 0 aliphatic heterocycles. The lowest BCUT2D eigenvalue weighted by atomic mass is 10.1. The minimum atomic E-state index is -0.399. The van der Waals surface area contributed by atoms with Gasteiger partial charge in [0.1, 0.15) is 10.7 Å². The van der Waals surface area contributed by atoms with Crippen molar-refractivity contribution in [2.24, 2.45) is 9.98 Å². The number of benzene rings is 1. The lowest BCUT2D eigenvalue weighted by molar-refractivity contribution is 0.0949. The zero-order valence-electron chi connectivity index (χ0n) is 15.9. The maximum Gasteiger partial charge on any atom is 0.251 e. The van der Waals surface area contributed by atoms with Crippen molar-refractivity contribution >= 4 is 40.3 Å². The first-order chi connectivity index (χ1) is 13.0. The van der Waals surface area contributed by atoms with Gasteiger partial charge in [0.05, 0.1) is 23.4 Å². The number of thiazole rings is 1. The summed E-state index contributed by atoms with van der Waals surface area (Å²) in [5, 5.41) is 14.8. The Balaban J connectivity index is 0.00000176. The molecule has 0 aliphatic carbocycles. The summed E-state index contributed by atoms with van der Waals surface area (Å²) in [4.78, 5) is 25.3. The van der Waals surface area contributed by atoms with Gasteiger partial charge in [-0.1, -0.05) is 25.4 Å². The van der Waals surface area contributed by atoms with Gasteiger partial charge in [-0.25, -0.2) is 4.98 Å². The third-order valence-corrected chi connectivity index (χ3v) is 4.39. The Morgan fingerprint density at radius 3 is 2.52 bits per heavy atom. The van der Waals surface area contributed by atoms with E-state index in [4.69, 9.17) is 16.9 Å². The SMILES string of the molecule is CC.CN=C(C(=NC)C(C)NC(=O)c1cc(Cl)cc(C#N)c1)c1nccs1. The van der Waals surface area contributed by atoms with Gasteiger partial charge in [-0.2, -0.15) is 5.26 Å². The molecule has 0 saturated carbocycles. The van der Waals surface area contributed by atoms with Crippen LogP contribution in [0.5, 0.6) is 0 Å². The third-order valence-electron chi connectivity index (χ3n) is 3.39. The summed E-state index contributed by atoms with van der Waals surface area (Å²) < 4.78 is 0. The van der Waals surface area contributed by atoms with Crippen LogP contribution in [0, 0.1) is 11.3 Å². The van der Waals surface area contributed by atoms with Crippen molar-refractivity contribution in [1.29, 1.82) is 5.26 Å². The fraction of sp³-hybridized carbons (Fsp3) is 0.316. The lowest BCUT2D eigenvalue weighted by Gasteiger charge is -2.17. The van der Waals surface area contributed by atoms with Crippen molar-refractivity contribution < 1.29 is 4.79 Å². The Morgan fingerprint density at radius 1 is 1.30 bits per heavy atom. The highest BCUT2D eigenvalue weighted by atomic mass is 35.5. The molecular formula is C19H22ClN5OS. The number of rotatable bonds is 5. The highest BCUT2D eigenvalue weighted by Gasteiger charge is 2.21. The van der Waals surface area contributed by atoms with E-state index < -0.39 is 6.04 Å². The maximum absolute atomic E-state index is 12.5. The minimum Gasteiger partial charge on any atom is -0.344 e. The number of carbonyl (C=O) groups is 1. The van der Waals surface area contributed by atoms with Crippen LogP contribution in [0.2, 0.25) is 5.02 Å². The van der Waals surface area contributed by atoms with Crippen LogP contribution in [-0.2, 0) is 0 Å². The van der Waals surface area contributed by atoms with Gasteiger partial charge in [-0.05, 0) is 25.1 Å². The Morgan fingerprint density at radius 2 is 2.00 bits per heavy atom. The average Bonchev–Trinajstić information content (AvgIpc) is 3.21. The standard InChI is InChI=1S/C17H16ClN5OS.C2H6/c1-10(14(20-2)15(21-3)17-22-4-5-25-17)23-16(24)12-6-11(9-19)7-13(18)8-12;1-2/h4-8,10H,1-3H3,(H,23,24);1-2H3. The average molecular weight is 404 g/mol. The molecule has 1 N–H and O–H groups in total. The molecule has 1 heterocycles. The van der Waals surface area contributed by atoms with Crippen molar-refractivity contribution in [3.63, 3.8) is 0 Å². The molecule has 6 nitrogen and oxygen atoms in total. The molecule has 0 saturated heterocycles. The Labute approximate surface area is 168 Å². The molecule has 0 spiro atoms. The first-order valence-electron chi connectivity index (χ1n) is 8.35. The number of aliphatic imine (C=N–C) groups is 2. The molecule has 1 amide bonds. The summed E-state index contributed by atoms with van der Waals surface area (Å²) in [6.45, 7) is 5.81. The number of aromatic nitrogens is 1. The zero-order chi connectivity index (χ0) is 20.4. The fourth-order valence-corrected chi connectivity index (χ4v) is 3.21. The van der Waals surface area contributed by atoms with Gasteiger partial charge in [0.25, 0.3) is 5.91 Å². The summed E-state index contributed by atoms with van der Waals surface area (Å²) in [5.74, 6) is -0.345. The number of nitrogens with one attached hydrogen (secondary N) is 1. The maximum atomic E-state index is 12.5. The molecular weight excluding hydrogens is 382 g/mol. The Kier molecular flexibility index (Phi) is 9.34. The van der Waals surface area contributed by atoms with Crippen LogP contribution in [0.1, 0.15) is 41.7 Å². The molecule has 8 heteroatoms. The largest absolute Gasteiger partial charge is 0.344 e. The Bertz CT molecular complexity index is 869. The van der Waals surface area contributed by atoms with Crippen LogP contribution in [0.3, 0.4) is 0 Å². The molecule has 0 fully saturated rings. The number of nitrogens with zero attached hydrogens (tertiary/aromatic N) is 4. The summed E-state index contributed by atoms with van der Waals surface area (Å²) in [6.07, 6.45) is 1.69. The highest BCUT2D eigenvalue weighted by molar-refractivity contribution is 7.12. The van der Waals surface area contributed by atoms with E-state index >= 15 is 0 Å². The molecule has 27 heavy (non-hydrogen) atoms. The van der Waals surface area contributed by atoms with Crippen molar-refractivity contribution in [2.75, 3.05) is 14.1 Å². The van der Waals surface area contributed by atoms with E-state index in [9.17, 15) is 4.79 Å². The van der Waals surface area contributed by atoms with Gasteiger partial charge >= 0.3 is 0 Å². The number of hydrogen-bond donors (Lipinski definition) is 1. The molecule has 1 atom stereocenters. The number of hydrogen-bond acceptors (Lipinski definition) is 6. The quantitative estimate of drug-likeness (QED) is 0.765. The van der Waals surface area contributed by atoms with E-state index in [0.717, 1.165) is 5.01 Å². The van der Waals surface area contributed by atoms with Crippen LogP contribution in [0.25, 0.3) is 0 Å².